The molecule has 0 spiro atoms. The van der Waals surface area contributed by atoms with Crippen molar-refractivity contribution in [2.75, 3.05) is 13.2 Å². The van der Waals surface area contributed by atoms with Crippen molar-refractivity contribution in [3.8, 4) is 0 Å². The van der Waals surface area contributed by atoms with Crippen LogP contribution >= 0.6 is 0 Å². The highest BCUT2D eigenvalue weighted by Crippen LogP contribution is 2.16. The van der Waals surface area contributed by atoms with Crippen molar-refractivity contribution in [3.63, 3.8) is 0 Å². The van der Waals surface area contributed by atoms with E-state index in [2.05, 4.69) is 136 Å². The minimum Gasteiger partial charge on any atom is -0.462 e. The predicted molar refractivity (Wildman–Crippen MR) is 334 cm³/mol. The van der Waals surface area contributed by atoms with Crippen LogP contribution in [0, 0.1) is 0 Å². The molecule has 0 aromatic carbocycles. The number of allylic oxidation sites excluding steroid dienone is 20. The van der Waals surface area contributed by atoms with Gasteiger partial charge in [-0.15, -0.1) is 0 Å². The van der Waals surface area contributed by atoms with Gasteiger partial charge in [-0.25, -0.2) is 0 Å². The number of rotatable bonds is 57. The van der Waals surface area contributed by atoms with Crippen molar-refractivity contribution in [2.24, 2.45) is 0 Å². The van der Waals surface area contributed by atoms with E-state index in [1.165, 1.54) is 141 Å². The molecule has 6 nitrogen and oxygen atoms in total. The second kappa shape index (κ2) is 64.3. The fourth-order valence-electron chi connectivity index (χ4n) is 8.76. The van der Waals surface area contributed by atoms with Crippen LogP contribution in [-0.4, -0.2) is 37.2 Å². The maximum atomic E-state index is 12.9. The molecule has 0 aliphatic rings. The minimum absolute atomic E-state index is 0.107. The second-order valence-electron chi connectivity index (χ2n) is 20.9. The zero-order valence-corrected chi connectivity index (χ0v) is 50.2. The molecule has 1 unspecified atom stereocenters. The molecular formula is C71H118O6. The van der Waals surface area contributed by atoms with E-state index in [-0.39, 0.29) is 31.6 Å². The van der Waals surface area contributed by atoms with E-state index >= 15 is 0 Å². The van der Waals surface area contributed by atoms with Crippen LogP contribution in [-0.2, 0) is 28.6 Å². The number of esters is 3. The summed E-state index contributed by atoms with van der Waals surface area (Å²) in [4.78, 5) is 38.3. The summed E-state index contributed by atoms with van der Waals surface area (Å²) < 4.78 is 16.8. The quantitative estimate of drug-likeness (QED) is 0.0261. The van der Waals surface area contributed by atoms with Gasteiger partial charge in [0, 0.05) is 19.3 Å². The Morgan fingerprint density at radius 2 is 0.532 bits per heavy atom. The molecule has 0 saturated heterocycles. The molecule has 0 aliphatic heterocycles. The molecule has 0 saturated carbocycles. The SMILES string of the molecule is CC/C=C\C/C=C\C/C=C\C/C=C\C/C=C\C/C=C\CCC(=O)OC(COC(=O)CCCCCCCCCCCCCCC)COC(=O)CCCCCCCCCCCCCCCC/C=C\C/C=C\C/C=C\C/C=C\CC. The highest BCUT2D eigenvalue weighted by molar-refractivity contribution is 5.71. The Kier molecular flexibility index (Phi) is 60.8. The molecular weight excluding hydrogens is 949 g/mol. The Hall–Kier alpha value is -4.19. The molecule has 0 aliphatic carbocycles. The Morgan fingerprint density at radius 3 is 0.844 bits per heavy atom. The first-order valence-corrected chi connectivity index (χ1v) is 32.0. The number of hydrogen-bond acceptors (Lipinski definition) is 6. The lowest BCUT2D eigenvalue weighted by atomic mass is 10.0. The number of ether oxygens (including phenoxy) is 3. The van der Waals surface area contributed by atoms with Gasteiger partial charge in [0.25, 0.3) is 0 Å². The molecule has 0 rings (SSSR count). The topological polar surface area (TPSA) is 78.9 Å². The van der Waals surface area contributed by atoms with Crippen LogP contribution in [0.25, 0.3) is 0 Å². The third-order valence-corrected chi connectivity index (χ3v) is 13.5. The zero-order chi connectivity index (χ0) is 55.7. The third-order valence-electron chi connectivity index (χ3n) is 13.5. The lowest BCUT2D eigenvalue weighted by Crippen LogP contribution is -2.30. The summed E-state index contributed by atoms with van der Waals surface area (Å²) in [6, 6.07) is 0. The molecule has 0 radical (unpaired) electrons. The van der Waals surface area contributed by atoms with Gasteiger partial charge in [-0.05, 0) is 96.3 Å². The van der Waals surface area contributed by atoms with Gasteiger partial charge in [0.05, 0.1) is 0 Å². The Balaban J connectivity index is 4.37. The van der Waals surface area contributed by atoms with Crippen LogP contribution in [0.15, 0.2) is 122 Å². The van der Waals surface area contributed by atoms with Gasteiger partial charge in [0.2, 0.25) is 0 Å². The first-order valence-electron chi connectivity index (χ1n) is 32.0. The summed E-state index contributed by atoms with van der Waals surface area (Å²) in [6.07, 6.45) is 89.3. The van der Waals surface area contributed by atoms with Crippen molar-refractivity contribution in [1.29, 1.82) is 0 Å². The van der Waals surface area contributed by atoms with Gasteiger partial charge >= 0.3 is 17.9 Å². The number of carbonyl (C=O) groups excluding carboxylic acids is 3. The maximum Gasteiger partial charge on any atom is 0.306 e. The summed E-state index contributed by atoms with van der Waals surface area (Å²) in [5.41, 5.74) is 0. The molecule has 0 aromatic rings. The molecule has 0 amide bonds. The largest absolute Gasteiger partial charge is 0.462 e. The maximum absolute atomic E-state index is 12.9. The van der Waals surface area contributed by atoms with Crippen molar-refractivity contribution < 1.29 is 28.6 Å². The highest BCUT2D eigenvalue weighted by Gasteiger charge is 2.19. The summed E-state index contributed by atoms with van der Waals surface area (Å²) >= 11 is 0. The average molecular weight is 1070 g/mol. The van der Waals surface area contributed by atoms with Crippen molar-refractivity contribution >= 4 is 17.9 Å². The molecule has 1 atom stereocenters. The van der Waals surface area contributed by atoms with Crippen molar-refractivity contribution in [2.45, 2.75) is 297 Å². The van der Waals surface area contributed by atoms with E-state index in [1.54, 1.807) is 0 Å². The fraction of sp³-hybridized carbons (Fsp3) is 0.676. The van der Waals surface area contributed by atoms with Crippen LogP contribution in [0.2, 0.25) is 0 Å². The van der Waals surface area contributed by atoms with E-state index < -0.39 is 12.1 Å². The summed E-state index contributed by atoms with van der Waals surface area (Å²) in [5.74, 6) is -0.986. The van der Waals surface area contributed by atoms with E-state index in [1.807, 2.05) is 6.08 Å². The van der Waals surface area contributed by atoms with Gasteiger partial charge in [-0.3, -0.25) is 14.4 Å². The zero-order valence-electron chi connectivity index (χ0n) is 50.2. The average Bonchev–Trinajstić information content (AvgIpc) is 3.43. The van der Waals surface area contributed by atoms with Crippen LogP contribution in [0.3, 0.4) is 0 Å². The molecule has 0 heterocycles. The Labute approximate surface area is 475 Å². The van der Waals surface area contributed by atoms with Gasteiger partial charge in [-0.1, -0.05) is 296 Å². The first kappa shape index (κ1) is 72.8. The molecule has 0 N–H and O–H groups in total. The van der Waals surface area contributed by atoms with Crippen molar-refractivity contribution in [3.05, 3.63) is 122 Å². The smallest absolute Gasteiger partial charge is 0.306 e. The predicted octanol–water partition coefficient (Wildman–Crippen LogP) is 22.0. The summed E-state index contributed by atoms with van der Waals surface area (Å²) in [5, 5.41) is 0. The molecule has 438 valence electrons. The second-order valence-corrected chi connectivity index (χ2v) is 20.9. The normalized spacial score (nSPS) is 12.9. The van der Waals surface area contributed by atoms with Crippen LogP contribution < -0.4 is 0 Å². The van der Waals surface area contributed by atoms with Crippen LogP contribution in [0.5, 0.6) is 0 Å². The van der Waals surface area contributed by atoms with Crippen LogP contribution in [0.1, 0.15) is 290 Å². The number of unbranched alkanes of at least 4 members (excludes halogenated alkanes) is 26. The molecule has 0 fully saturated rings. The van der Waals surface area contributed by atoms with Crippen LogP contribution in [0.4, 0.5) is 0 Å². The Bertz CT molecular complexity index is 1600. The molecule has 0 aromatic heterocycles. The molecule has 77 heavy (non-hydrogen) atoms. The monoisotopic (exact) mass is 1070 g/mol. The van der Waals surface area contributed by atoms with E-state index in [0.717, 1.165) is 103 Å². The minimum atomic E-state index is -0.820. The lowest BCUT2D eigenvalue weighted by molar-refractivity contribution is -0.166. The van der Waals surface area contributed by atoms with Gasteiger partial charge < -0.3 is 14.2 Å². The molecule has 0 bridgehead atoms. The number of hydrogen-bond donors (Lipinski definition) is 0. The van der Waals surface area contributed by atoms with E-state index in [4.69, 9.17) is 14.2 Å². The summed E-state index contributed by atoms with van der Waals surface area (Å²) in [6.45, 7) is 6.37. The van der Waals surface area contributed by atoms with Gasteiger partial charge in [-0.2, -0.15) is 0 Å². The van der Waals surface area contributed by atoms with E-state index in [0.29, 0.717) is 19.3 Å². The first-order chi connectivity index (χ1) is 38.0. The van der Waals surface area contributed by atoms with Crippen molar-refractivity contribution in [1.82, 2.24) is 0 Å². The standard InChI is InChI=1S/C71H118O6/c1-4-7-10-13-16-19-22-25-27-29-31-32-33-34-35-36-37-38-40-41-43-46-49-52-55-58-61-64-70(73)76-67-68(66-75-69(72)63-60-57-54-51-48-45-24-21-18-15-12-9-6-3)77-71(74)65-62-59-56-53-50-47-44-42-39-30-28-26-23-20-17-14-11-8-5-2/h7-8,10-11,16-17,19-20,25-28,31-32,39,42,47,50,56,59,68H,4-6,9,12-15,18,21-24,29-30,33-38,40-41,43-46,48-49,51-55,57-58,60-67H2,1-3H3/b10-7-,11-8-,19-16-,20-17-,27-25-,28-26-,32-31-,42-39-,50-47-,59-56-. The van der Waals surface area contributed by atoms with Gasteiger partial charge in [0.1, 0.15) is 13.2 Å². The molecule has 6 heteroatoms. The van der Waals surface area contributed by atoms with Gasteiger partial charge in [0.15, 0.2) is 6.10 Å². The fourth-order valence-corrected chi connectivity index (χ4v) is 8.76. The lowest BCUT2D eigenvalue weighted by Gasteiger charge is -2.18. The third kappa shape index (κ3) is 62.5. The van der Waals surface area contributed by atoms with E-state index in [9.17, 15) is 14.4 Å². The highest BCUT2D eigenvalue weighted by atomic mass is 16.6. The Morgan fingerprint density at radius 1 is 0.273 bits per heavy atom. The summed E-state index contributed by atoms with van der Waals surface area (Å²) in [7, 11) is 0. The number of carbonyl (C=O) groups is 3.